The molecule has 0 spiro atoms. The van der Waals surface area contributed by atoms with Crippen LogP contribution in [0.4, 0.5) is 0 Å². The highest BCUT2D eigenvalue weighted by Gasteiger charge is 2.12. The van der Waals surface area contributed by atoms with Crippen LogP contribution < -0.4 is 5.43 Å². The van der Waals surface area contributed by atoms with Crippen LogP contribution in [0.3, 0.4) is 0 Å². The maximum Gasteiger partial charge on any atom is 0.199 e. The summed E-state index contributed by atoms with van der Waals surface area (Å²) in [6.07, 6.45) is 6.13. The molecule has 1 heterocycles. The molecule has 4 nitrogen and oxygen atoms in total. The molecule has 0 saturated heterocycles. The number of benzene rings is 1. The Labute approximate surface area is 143 Å². The molecule has 0 aliphatic heterocycles. The van der Waals surface area contributed by atoms with E-state index in [9.17, 15) is 9.59 Å². The normalized spacial score (nSPS) is 12.1. The summed E-state index contributed by atoms with van der Waals surface area (Å²) >= 11 is 0. The summed E-state index contributed by atoms with van der Waals surface area (Å²) in [4.78, 5) is 23.8. The third-order valence-corrected chi connectivity index (χ3v) is 4.37. The van der Waals surface area contributed by atoms with Crippen molar-refractivity contribution in [2.75, 3.05) is 13.7 Å². The highest BCUT2D eigenvalue weighted by molar-refractivity contribution is 5.78. The fraction of sp³-hybridized carbons (Fsp3) is 0.400. The molecule has 1 aromatic heterocycles. The Morgan fingerprint density at radius 1 is 1.21 bits per heavy atom. The minimum absolute atomic E-state index is 0.203. The predicted octanol–water partition coefficient (Wildman–Crippen LogP) is 3.70. The SMILES string of the molecule is CCC(CCOC)Cn1cc(C=O)c(=O)c(-c2ccc(C)cc2)c1. The Morgan fingerprint density at radius 3 is 2.50 bits per heavy atom. The number of rotatable bonds is 8. The number of pyridine rings is 1. The number of hydrogen-bond donors (Lipinski definition) is 0. The highest BCUT2D eigenvalue weighted by atomic mass is 16.5. The molecular formula is C20H25NO3. The van der Waals surface area contributed by atoms with E-state index in [1.54, 1.807) is 13.3 Å². The van der Waals surface area contributed by atoms with Crippen LogP contribution in [0.5, 0.6) is 0 Å². The largest absolute Gasteiger partial charge is 0.385 e. The lowest BCUT2D eigenvalue weighted by Gasteiger charge is -2.18. The summed E-state index contributed by atoms with van der Waals surface area (Å²) in [5, 5.41) is 0. The first kappa shape index (κ1) is 18.1. The van der Waals surface area contributed by atoms with Crippen molar-refractivity contribution in [1.29, 1.82) is 0 Å². The molecule has 1 aromatic carbocycles. The highest BCUT2D eigenvalue weighted by Crippen LogP contribution is 2.18. The van der Waals surface area contributed by atoms with Crippen molar-refractivity contribution in [2.45, 2.75) is 33.2 Å². The molecular weight excluding hydrogens is 302 g/mol. The van der Waals surface area contributed by atoms with Gasteiger partial charge in [0.15, 0.2) is 11.7 Å². The maximum atomic E-state index is 12.5. The molecule has 128 valence electrons. The minimum Gasteiger partial charge on any atom is -0.385 e. The molecule has 1 atom stereocenters. The van der Waals surface area contributed by atoms with E-state index in [-0.39, 0.29) is 11.0 Å². The number of hydrogen-bond acceptors (Lipinski definition) is 3. The summed E-state index contributed by atoms with van der Waals surface area (Å²) in [6, 6.07) is 7.79. The van der Waals surface area contributed by atoms with E-state index in [1.807, 2.05) is 42.0 Å². The van der Waals surface area contributed by atoms with Gasteiger partial charge in [0.2, 0.25) is 0 Å². The second-order valence-corrected chi connectivity index (χ2v) is 6.19. The van der Waals surface area contributed by atoms with Gasteiger partial charge in [0.1, 0.15) is 0 Å². The molecule has 0 radical (unpaired) electrons. The second-order valence-electron chi connectivity index (χ2n) is 6.19. The lowest BCUT2D eigenvalue weighted by Crippen LogP contribution is -2.18. The summed E-state index contributed by atoms with van der Waals surface area (Å²) in [7, 11) is 1.70. The van der Waals surface area contributed by atoms with Crippen LogP contribution in [-0.4, -0.2) is 24.6 Å². The van der Waals surface area contributed by atoms with Crippen LogP contribution in [0.2, 0.25) is 0 Å². The Kier molecular flexibility index (Phi) is 6.50. The lowest BCUT2D eigenvalue weighted by molar-refractivity contribution is 0.112. The van der Waals surface area contributed by atoms with Crippen LogP contribution in [-0.2, 0) is 11.3 Å². The first-order valence-electron chi connectivity index (χ1n) is 8.34. The van der Waals surface area contributed by atoms with Gasteiger partial charge in [-0.2, -0.15) is 0 Å². The molecule has 2 rings (SSSR count). The molecule has 0 N–H and O–H groups in total. The number of aryl methyl sites for hydroxylation is 1. The van der Waals surface area contributed by atoms with Crippen LogP contribution in [0.25, 0.3) is 11.1 Å². The first-order valence-corrected chi connectivity index (χ1v) is 8.34. The van der Waals surface area contributed by atoms with Crippen molar-refractivity contribution in [3.8, 4) is 11.1 Å². The van der Waals surface area contributed by atoms with Gasteiger partial charge in [0, 0.05) is 38.2 Å². The van der Waals surface area contributed by atoms with Gasteiger partial charge in [0.05, 0.1) is 5.56 Å². The Balaban J connectivity index is 2.39. The van der Waals surface area contributed by atoms with Gasteiger partial charge in [-0.25, -0.2) is 0 Å². The summed E-state index contributed by atoms with van der Waals surface area (Å²) in [5.74, 6) is 0.442. The van der Waals surface area contributed by atoms with Crippen molar-refractivity contribution in [2.24, 2.45) is 5.92 Å². The topological polar surface area (TPSA) is 48.3 Å². The molecule has 0 aliphatic carbocycles. The Hall–Kier alpha value is -2.20. The zero-order chi connectivity index (χ0) is 17.5. The third kappa shape index (κ3) is 4.42. The van der Waals surface area contributed by atoms with E-state index in [4.69, 9.17) is 4.74 Å². The van der Waals surface area contributed by atoms with Gasteiger partial charge in [-0.1, -0.05) is 43.2 Å². The molecule has 0 amide bonds. The van der Waals surface area contributed by atoms with Crippen molar-refractivity contribution >= 4 is 6.29 Å². The smallest absolute Gasteiger partial charge is 0.199 e. The molecule has 1 unspecified atom stereocenters. The van der Waals surface area contributed by atoms with Crippen LogP contribution in [0.15, 0.2) is 41.5 Å². The average molecular weight is 327 g/mol. The van der Waals surface area contributed by atoms with Crippen molar-refractivity contribution in [1.82, 2.24) is 4.57 Å². The number of ether oxygens (including phenoxy) is 1. The molecule has 2 aromatic rings. The number of carbonyl (C=O) groups excluding carboxylic acids is 1. The quantitative estimate of drug-likeness (QED) is 0.695. The number of nitrogens with zero attached hydrogens (tertiary/aromatic N) is 1. The third-order valence-electron chi connectivity index (χ3n) is 4.37. The van der Waals surface area contributed by atoms with Crippen molar-refractivity contribution in [3.63, 3.8) is 0 Å². The zero-order valence-electron chi connectivity index (χ0n) is 14.6. The van der Waals surface area contributed by atoms with Gasteiger partial charge in [-0.05, 0) is 24.8 Å². The van der Waals surface area contributed by atoms with E-state index in [0.29, 0.717) is 24.4 Å². The fourth-order valence-corrected chi connectivity index (χ4v) is 2.79. The van der Waals surface area contributed by atoms with Crippen LogP contribution in [0, 0.1) is 12.8 Å². The molecule has 24 heavy (non-hydrogen) atoms. The fourth-order valence-electron chi connectivity index (χ4n) is 2.79. The minimum atomic E-state index is -0.213. The van der Waals surface area contributed by atoms with Crippen molar-refractivity contribution < 1.29 is 9.53 Å². The summed E-state index contributed by atoms with van der Waals surface area (Å²) in [6.45, 7) is 5.62. The molecule has 0 saturated carbocycles. The summed E-state index contributed by atoms with van der Waals surface area (Å²) in [5.41, 5.74) is 2.54. The second kappa shape index (κ2) is 8.60. The zero-order valence-corrected chi connectivity index (χ0v) is 14.6. The van der Waals surface area contributed by atoms with E-state index in [0.717, 1.165) is 30.5 Å². The van der Waals surface area contributed by atoms with Crippen molar-refractivity contribution in [3.05, 3.63) is 58.0 Å². The van der Waals surface area contributed by atoms with E-state index < -0.39 is 0 Å². The van der Waals surface area contributed by atoms with Gasteiger partial charge < -0.3 is 9.30 Å². The molecule has 0 fully saturated rings. The molecule has 0 bridgehead atoms. The standard InChI is InChI=1S/C20H25NO3/c1-4-16(9-10-24-3)11-21-12-18(14-22)20(23)19(13-21)17-7-5-15(2)6-8-17/h5-8,12-14,16H,4,9-11H2,1-3H3. The average Bonchev–Trinajstić information content (AvgIpc) is 2.60. The molecule has 4 heteroatoms. The maximum absolute atomic E-state index is 12.5. The van der Waals surface area contributed by atoms with E-state index in [2.05, 4.69) is 6.92 Å². The van der Waals surface area contributed by atoms with Crippen LogP contribution >= 0.6 is 0 Å². The van der Waals surface area contributed by atoms with Gasteiger partial charge in [-0.3, -0.25) is 9.59 Å². The Bertz CT molecular complexity index is 732. The number of carbonyl (C=O) groups is 1. The number of methoxy groups -OCH3 is 1. The molecule has 0 aliphatic rings. The van der Waals surface area contributed by atoms with Gasteiger partial charge in [0.25, 0.3) is 0 Å². The number of aromatic nitrogens is 1. The monoisotopic (exact) mass is 327 g/mol. The number of aldehydes is 1. The van der Waals surface area contributed by atoms with E-state index >= 15 is 0 Å². The lowest BCUT2D eigenvalue weighted by atomic mass is 10.0. The first-order chi connectivity index (χ1) is 11.6. The van der Waals surface area contributed by atoms with E-state index in [1.165, 1.54) is 0 Å². The predicted molar refractivity (Wildman–Crippen MR) is 96.5 cm³/mol. The Morgan fingerprint density at radius 2 is 1.92 bits per heavy atom. The van der Waals surface area contributed by atoms with Gasteiger partial charge in [-0.15, -0.1) is 0 Å². The van der Waals surface area contributed by atoms with Crippen LogP contribution in [0.1, 0.15) is 35.7 Å². The summed E-state index contributed by atoms with van der Waals surface area (Å²) < 4.78 is 7.13. The van der Waals surface area contributed by atoms with Gasteiger partial charge >= 0.3 is 0 Å².